The number of carbonyl (C=O) groups is 1. The molecular weight excluding hydrogens is 480 g/mol. The van der Waals surface area contributed by atoms with E-state index in [0.29, 0.717) is 12.5 Å². The summed E-state index contributed by atoms with van der Waals surface area (Å²) in [6, 6.07) is 6.53. The second-order valence-electron chi connectivity index (χ2n) is 12.4. The number of hydrogen-bond acceptors (Lipinski definition) is 5. The minimum absolute atomic E-state index is 0.0474. The van der Waals surface area contributed by atoms with E-state index in [1.165, 1.54) is 11.1 Å². The van der Waals surface area contributed by atoms with Gasteiger partial charge in [0.25, 0.3) is 0 Å². The molecule has 37 heavy (non-hydrogen) atoms. The van der Waals surface area contributed by atoms with E-state index in [1.807, 2.05) is 29.5 Å². The lowest BCUT2D eigenvalue weighted by Crippen LogP contribution is -2.40. The van der Waals surface area contributed by atoms with Crippen LogP contribution in [0.4, 0.5) is 0 Å². The van der Waals surface area contributed by atoms with Gasteiger partial charge in [0.1, 0.15) is 17.3 Å². The Balaban J connectivity index is 1.51. The second-order valence-corrected chi connectivity index (χ2v) is 13.3. The third-order valence-electron chi connectivity index (χ3n) is 7.33. The molecule has 0 aliphatic carbocycles. The van der Waals surface area contributed by atoms with Crippen LogP contribution in [-0.4, -0.2) is 45.8 Å². The van der Waals surface area contributed by atoms with Gasteiger partial charge < -0.3 is 9.64 Å². The Morgan fingerprint density at radius 1 is 1.03 bits per heavy atom. The van der Waals surface area contributed by atoms with Crippen molar-refractivity contribution in [2.45, 2.75) is 91.5 Å². The van der Waals surface area contributed by atoms with Gasteiger partial charge in [0.15, 0.2) is 0 Å². The number of thiazole rings is 1. The number of aromatic nitrogens is 3. The summed E-state index contributed by atoms with van der Waals surface area (Å²) in [6.45, 7) is 19.2. The summed E-state index contributed by atoms with van der Waals surface area (Å²) in [4.78, 5) is 20.0. The molecule has 1 aliphatic rings. The van der Waals surface area contributed by atoms with Crippen LogP contribution < -0.4 is 4.74 Å². The average Bonchev–Trinajstić information content (AvgIpc) is 3.43. The highest BCUT2D eigenvalue weighted by Crippen LogP contribution is 2.43. The van der Waals surface area contributed by atoms with E-state index in [4.69, 9.17) is 9.72 Å². The number of amides is 1. The number of hydrogen-bond donors (Lipinski definition) is 0. The van der Waals surface area contributed by atoms with E-state index in [-0.39, 0.29) is 16.7 Å². The van der Waals surface area contributed by atoms with E-state index in [9.17, 15) is 4.79 Å². The predicted octanol–water partition coefficient (Wildman–Crippen LogP) is 6.63. The zero-order chi connectivity index (χ0) is 27.1. The second kappa shape index (κ2) is 10.2. The van der Waals surface area contributed by atoms with Crippen molar-refractivity contribution >= 4 is 17.2 Å². The van der Waals surface area contributed by atoms with Crippen LogP contribution in [0.2, 0.25) is 0 Å². The van der Waals surface area contributed by atoms with Crippen LogP contribution in [0.15, 0.2) is 23.6 Å². The molecule has 0 atom stereocenters. The van der Waals surface area contributed by atoms with Crippen LogP contribution in [0.1, 0.15) is 88.5 Å². The van der Waals surface area contributed by atoms with Crippen LogP contribution in [0.5, 0.6) is 5.75 Å². The molecule has 0 saturated carbocycles. The van der Waals surface area contributed by atoms with Gasteiger partial charge in [-0.3, -0.25) is 9.48 Å². The molecule has 7 heteroatoms. The zero-order valence-electron chi connectivity index (χ0n) is 23.9. The van der Waals surface area contributed by atoms with E-state index in [2.05, 4.69) is 64.2 Å². The fraction of sp³-hybridized carbons (Fsp3) is 0.567. The van der Waals surface area contributed by atoms with Gasteiger partial charge in [-0.05, 0) is 55.7 Å². The standard InChI is InChI=1S/C30H42N4O2S/c1-19-14-20(2)34(32-19)17-26(35)33-12-10-21(11-13-33)25-18-37-28(31-25)22-15-23(29(3,4)5)27(36-9)24(16-22)30(6,7)8/h14-16,18,21H,10-13,17H2,1-9H3. The van der Waals surface area contributed by atoms with E-state index < -0.39 is 0 Å². The van der Waals surface area contributed by atoms with Gasteiger partial charge in [0.05, 0.1) is 18.5 Å². The summed E-state index contributed by atoms with van der Waals surface area (Å²) in [5.74, 6) is 1.51. The molecule has 6 nitrogen and oxygen atoms in total. The molecule has 200 valence electrons. The van der Waals surface area contributed by atoms with Gasteiger partial charge in [-0.1, -0.05) is 41.5 Å². The molecule has 1 aliphatic heterocycles. The van der Waals surface area contributed by atoms with Crippen molar-refractivity contribution < 1.29 is 9.53 Å². The van der Waals surface area contributed by atoms with E-state index in [0.717, 1.165) is 59.3 Å². The molecule has 0 N–H and O–H groups in total. The molecule has 0 radical (unpaired) electrons. The molecule has 4 rings (SSSR count). The third kappa shape index (κ3) is 5.92. The highest BCUT2D eigenvalue weighted by Gasteiger charge is 2.29. The van der Waals surface area contributed by atoms with Crippen LogP contribution in [-0.2, 0) is 22.2 Å². The van der Waals surface area contributed by atoms with Gasteiger partial charge in [0.2, 0.25) is 5.91 Å². The Hall–Kier alpha value is -2.67. The molecule has 1 fully saturated rings. The fourth-order valence-corrected chi connectivity index (χ4v) is 6.07. The van der Waals surface area contributed by atoms with Gasteiger partial charge in [-0.15, -0.1) is 11.3 Å². The Morgan fingerprint density at radius 2 is 1.62 bits per heavy atom. The molecule has 1 aromatic carbocycles. The Bertz CT molecular complexity index is 1230. The molecule has 3 heterocycles. The lowest BCUT2D eigenvalue weighted by molar-refractivity contribution is -0.133. The number of piperidine rings is 1. The van der Waals surface area contributed by atoms with Gasteiger partial charge in [0, 0.05) is 46.8 Å². The first kappa shape index (κ1) is 27.4. The number of methoxy groups -OCH3 is 1. The minimum Gasteiger partial charge on any atom is -0.496 e. The fourth-order valence-electron chi connectivity index (χ4n) is 5.18. The summed E-state index contributed by atoms with van der Waals surface area (Å²) in [6.07, 6.45) is 1.88. The maximum atomic E-state index is 12.9. The van der Waals surface area contributed by atoms with Crippen LogP contribution in [0, 0.1) is 13.8 Å². The number of aryl methyl sites for hydroxylation is 2. The Kier molecular flexibility index (Phi) is 7.57. The largest absolute Gasteiger partial charge is 0.496 e. The molecule has 0 spiro atoms. The molecular formula is C30H42N4O2S. The topological polar surface area (TPSA) is 60.2 Å². The zero-order valence-corrected chi connectivity index (χ0v) is 24.8. The van der Waals surface area contributed by atoms with Gasteiger partial charge >= 0.3 is 0 Å². The number of nitrogens with zero attached hydrogens (tertiary/aromatic N) is 4. The average molecular weight is 523 g/mol. The molecule has 3 aromatic rings. The summed E-state index contributed by atoms with van der Waals surface area (Å²) in [5.41, 5.74) is 6.61. The Labute approximate surface area is 226 Å². The highest BCUT2D eigenvalue weighted by molar-refractivity contribution is 7.13. The van der Waals surface area contributed by atoms with E-state index in [1.54, 1.807) is 18.4 Å². The van der Waals surface area contributed by atoms with Crippen LogP contribution in [0.25, 0.3) is 10.6 Å². The smallest absolute Gasteiger partial charge is 0.244 e. The lowest BCUT2D eigenvalue weighted by atomic mass is 9.78. The molecule has 1 amide bonds. The van der Waals surface area contributed by atoms with Crippen molar-refractivity contribution in [2.75, 3.05) is 20.2 Å². The summed E-state index contributed by atoms with van der Waals surface area (Å²) in [5, 5.41) is 7.71. The summed E-state index contributed by atoms with van der Waals surface area (Å²) in [7, 11) is 1.77. The number of rotatable bonds is 5. The predicted molar refractivity (Wildman–Crippen MR) is 152 cm³/mol. The monoisotopic (exact) mass is 522 g/mol. The minimum atomic E-state index is -0.0474. The molecule has 1 saturated heterocycles. The third-order valence-corrected chi connectivity index (χ3v) is 8.24. The maximum absolute atomic E-state index is 12.9. The molecule has 0 unspecified atom stereocenters. The van der Waals surface area contributed by atoms with E-state index >= 15 is 0 Å². The first-order valence-corrected chi connectivity index (χ1v) is 14.1. The normalized spacial score (nSPS) is 15.3. The lowest BCUT2D eigenvalue weighted by Gasteiger charge is -2.31. The van der Waals surface area contributed by atoms with Crippen molar-refractivity contribution in [3.63, 3.8) is 0 Å². The van der Waals surface area contributed by atoms with Crippen molar-refractivity contribution in [2.24, 2.45) is 0 Å². The van der Waals surface area contributed by atoms with Crippen molar-refractivity contribution in [1.29, 1.82) is 0 Å². The quantitative estimate of drug-likeness (QED) is 0.377. The summed E-state index contributed by atoms with van der Waals surface area (Å²) >= 11 is 1.72. The van der Waals surface area contributed by atoms with Gasteiger partial charge in [-0.2, -0.15) is 5.10 Å². The summed E-state index contributed by atoms with van der Waals surface area (Å²) < 4.78 is 7.75. The molecule has 2 aromatic heterocycles. The number of ether oxygens (including phenoxy) is 1. The maximum Gasteiger partial charge on any atom is 0.244 e. The van der Waals surface area contributed by atoms with Crippen LogP contribution in [0.3, 0.4) is 0 Å². The first-order chi connectivity index (χ1) is 17.3. The van der Waals surface area contributed by atoms with Crippen molar-refractivity contribution in [3.05, 3.63) is 51.8 Å². The molecule has 0 bridgehead atoms. The van der Waals surface area contributed by atoms with Crippen molar-refractivity contribution in [3.8, 4) is 16.3 Å². The SMILES string of the molecule is COc1c(C(C)(C)C)cc(-c2nc(C3CCN(C(=O)Cn4nc(C)cc4C)CC3)cs2)cc1C(C)(C)C. The number of likely N-dealkylation sites (tertiary alicyclic amines) is 1. The highest BCUT2D eigenvalue weighted by atomic mass is 32.1. The van der Waals surface area contributed by atoms with Crippen molar-refractivity contribution in [1.82, 2.24) is 19.7 Å². The number of benzene rings is 1. The first-order valence-electron chi connectivity index (χ1n) is 13.3. The Morgan fingerprint density at radius 3 is 2.11 bits per heavy atom. The van der Waals surface area contributed by atoms with Crippen LogP contribution >= 0.6 is 11.3 Å². The number of carbonyl (C=O) groups excluding carboxylic acids is 1. The van der Waals surface area contributed by atoms with Gasteiger partial charge in [-0.25, -0.2) is 4.98 Å².